The van der Waals surface area contributed by atoms with Crippen molar-refractivity contribution in [3.8, 4) is 0 Å². The highest BCUT2D eigenvalue weighted by atomic mass is 16.5. The molecule has 2 N–H and O–H groups in total. The van der Waals surface area contributed by atoms with Gasteiger partial charge in [-0.05, 0) is 30.4 Å². The highest BCUT2D eigenvalue weighted by Crippen LogP contribution is 2.26. The number of hydrogen-bond donors (Lipinski definition) is 2. The summed E-state index contributed by atoms with van der Waals surface area (Å²) in [5.74, 6) is 1.43. The molecule has 7 heteroatoms. The number of morpholine rings is 1. The van der Waals surface area contributed by atoms with Crippen LogP contribution in [-0.2, 0) is 22.6 Å². The Morgan fingerprint density at radius 3 is 2.56 bits per heavy atom. The van der Waals surface area contributed by atoms with Crippen LogP contribution in [0.2, 0.25) is 0 Å². The highest BCUT2D eigenvalue weighted by Gasteiger charge is 2.31. The van der Waals surface area contributed by atoms with Crippen LogP contribution in [0, 0.1) is 5.92 Å². The molecule has 1 atom stereocenters. The minimum Gasteiger partial charge on any atom is -0.379 e. The Kier molecular flexibility index (Phi) is 8.40. The van der Waals surface area contributed by atoms with Gasteiger partial charge in [0.25, 0.3) is 0 Å². The van der Waals surface area contributed by atoms with Crippen molar-refractivity contribution in [2.75, 3.05) is 46.4 Å². The maximum Gasteiger partial charge on any atom is 0.225 e. The van der Waals surface area contributed by atoms with Crippen LogP contribution in [0.5, 0.6) is 0 Å². The molecule has 1 amide bonds. The fraction of sp³-hybridized carbons (Fsp3) is 0.680. The third-order valence-electron chi connectivity index (χ3n) is 7.08. The summed E-state index contributed by atoms with van der Waals surface area (Å²) >= 11 is 0. The van der Waals surface area contributed by atoms with E-state index in [0.717, 1.165) is 77.7 Å². The number of benzene rings is 1. The molecule has 32 heavy (non-hydrogen) atoms. The standard InChI is InChI=1S/C25H39N5O2/c1-26-25(28-23-11-12-30(19-23)24(31)20-7-3-2-4-8-20)27-17-21-9-5-6-10-22(21)18-29-13-15-32-16-14-29/h5-6,9-10,20,23H,2-4,7-8,11-19H2,1H3,(H2,26,27,28). The van der Waals surface area contributed by atoms with Crippen LogP contribution in [0.1, 0.15) is 49.7 Å². The van der Waals surface area contributed by atoms with Crippen molar-refractivity contribution in [3.63, 3.8) is 0 Å². The van der Waals surface area contributed by atoms with Gasteiger partial charge in [0.1, 0.15) is 0 Å². The van der Waals surface area contributed by atoms with Gasteiger partial charge in [-0.2, -0.15) is 0 Å². The van der Waals surface area contributed by atoms with Crippen LogP contribution >= 0.6 is 0 Å². The van der Waals surface area contributed by atoms with E-state index in [9.17, 15) is 4.79 Å². The number of rotatable bonds is 6. The number of nitrogens with one attached hydrogen (secondary N) is 2. The smallest absolute Gasteiger partial charge is 0.225 e. The molecule has 7 nitrogen and oxygen atoms in total. The van der Waals surface area contributed by atoms with E-state index < -0.39 is 0 Å². The predicted octanol–water partition coefficient (Wildman–Crippen LogP) is 2.37. The van der Waals surface area contributed by atoms with Gasteiger partial charge < -0.3 is 20.3 Å². The van der Waals surface area contributed by atoms with E-state index in [4.69, 9.17) is 4.74 Å². The molecular weight excluding hydrogens is 402 g/mol. The molecule has 3 aliphatic rings. The van der Waals surface area contributed by atoms with Gasteiger partial charge in [-0.25, -0.2) is 0 Å². The van der Waals surface area contributed by atoms with Crippen LogP contribution in [0.25, 0.3) is 0 Å². The predicted molar refractivity (Wildman–Crippen MR) is 127 cm³/mol. The number of aliphatic imine (C=N–C) groups is 1. The van der Waals surface area contributed by atoms with Crippen LogP contribution < -0.4 is 10.6 Å². The van der Waals surface area contributed by atoms with Crippen molar-refractivity contribution in [2.45, 2.75) is 57.7 Å². The Balaban J connectivity index is 1.26. The molecule has 1 aromatic carbocycles. The molecule has 3 fully saturated rings. The quantitative estimate of drug-likeness (QED) is 0.524. The van der Waals surface area contributed by atoms with Crippen LogP contribution in [0.15, 0.2) is 29.3 Å². The Labute approximate surface area is 192 Å². The fourth-order valence-electron chi connectivity index (χ4n) is 5.14. The molecule has 2 aliphatic heterocycles. The molecule has 1 unspecified atom stereocenters. The third kappa shape index (κ3) is 6.23. The molecule has 0 aromatic heterocycles. The molecule has 0 radical (unpaired) electrons. The number of carbonyl (C=O) groups excluding carboxylic acids is 1. The number of nitrogens with zero attached hydrogens (tertiary/aromatic N) is 3. The third-order valence-corrected chi connectivity index (χ3v) is 7.08. The van der Waals surface area contributed by atoms with Gasteiger partial charge in [0, 0.05) is 58.3 Å². The molecule has 1 saturated carbocycles. The van der Waals surface area contributed by atoms with Crippen molar-refractivity contribution in [3.05, 3.63) is 35.4 Å². The average molecular weight is 442 g/mol. The van der Waals surface area contributed by atoms with Crippen molar-refractivity contribution >= 4 is 11.9 Å². The summed E-state index contributed by atoms with van der Waals surface area (Å²) in [7, 11) is 1.81. The first kappa shape index (κ1) is 23.1. The number of likely N-dealkylation sites (tertiary alicyclic amines) is 1. The van der Waals surface area contributed by atoms with Crippen molar-refractivity contribution in [1.82, 2.24) is 20.4 Å². The summed E-state index contributed by atoms with van der Waals surface area (Å²) in [6.45, 7) is 6.94. The average Bonchev–Trinajstić information content (AvgIpc) is 3.32. The number of hydrogen-bond acceptors (Lipinski definition) is 4. The highest BCUT2D eigenvalue weighted by molar-refractivity contribution is 5.81. The Morgan fingerprint density at radius 2 is 1.81 bits per heavy atom. The van der Waals surface area contributed by atoms with Gasteiger partial charge in [-0.3, -0.25) is 14.7 Å². The van der Waals surface area contributed by atoms with E-state index in [-0.39, 0.29) is 12.0 Å². The topological polar surface area (TPSA) is 69.2 Å². The van der Waals surface area contributed by atoms with Crippen LogP contribution in [0.3, 0.4) is 0 Å². The zero-order valence-electron chi connectivity index (χ0n) is 19.5. The zero-order valence-corrected chi connectivity index (χ0v) is 19.5. The maximum absolute atomic E-state index is 12.9. The van der Waals surface area contributed by atoms with E-state index >= 15 is 0 Å². The van der Waals surface area contributed by atoms with E-state index in [1.807, 2.05) is 7.05 Å². The van der Waals surface area contributed by atoms with E-state index in [0.29, 0.717) is 5.91 Å². The Hall–Kier alpha value is -2.12. The number of amides is 1. The van der Waals surface area contributed by atoms with Crippen molar-refractivity contribution in [1.29, 1.82) is 0 Å². The number of ether oxygens (including phenoxy) is 1. The van der Waals surface area contributed by atoms with Crippen LogP contribution in [0.4, 0.5) is 0 Å². The molecule has 4 rings (SSSR count). The minimum absolute atomic E-state index is 0.253. The summed E-state index contributed by atoms with van der Waals surface area (Å²) in [5.41, 5.74) is 2.64. The normalized spacial score (nSPS) is 23.3. The van der Waals surface area contributed by atoms with Crippen molar-refractivity contribution < 1.29 is 9.53 Å². The molecule has 1 aliphatic carbocycles. The van der Waals surface area contributed by atoms with E-state index in [1.54, 1.807) is 0 Å². The molecular formula is C25H39N5O2. The van der Waals surface area contributed by atoms with Gasteiger partial charge in [-0.1, -0.05) is 43.5 Å². The van der Waals surface area contributed by atoms with Crippen molar-refractivity contribution in [2.24, 2.45) is 10.9 Å². The Morgan fingerprint density at radius 1 is 1.06 bits per heavy atom. The van der Waals surface area contributed by atoms with Gasteiger partial charge >= 0.3 is 0 Å². The summed E-state index contributed by atoms with van der Waals surface area (Å²) in [6.07, 6.45) is 6.81. The molecule has 0 spiro atoms. The molecule has 1 aromatic rings. The lowest BCUT2D eigenvalue weighted by molar-refractivity contribution is -0.135. The first-order chi connectivity index (χ1) is 15.7. The summed E-state index contributed by atoms with van der Waals surface area (Å²) < 4.78 is 5.48. The van der Waals surface area contributed by atoms with Crippen LogP contribution in [-0.4, -0.2) is 74.1 Å². The SMILES string of the molecule is CN=C(NCc1ccccc1CN1CCOCC1)NC1CCN(C(=O)C2CCCCC2)C1. The lowest BCUT2D eigenvalue weighted by Gasteiger charge is -2.27. The Bertz CT molecular complexity index is 771. The van der Waals surface area contributed by atoms with E-state index in [2.05, 4.69) is 49.7 Å². The summed E-state index contributed by atoms with van der Waals surface area (Å²) in [6, 6.07) is 8.88. The van der Waals surface area contributed by atoms with Gasteiger partial charge in [0.05, 0.1) is 13.2 Å². The minimum atomic E-state index is 0.253. The largest absolute Gasteiger partial charge is 0.379 e. The second-order valence-corrected chi connectivity index (χ2v) is 9.33. The van der Waals surface area contributed by atoms with Gasteiger partial charge in [0.15, 0.2) is 5.96 Å². The second kappa shape index (κ2) is 11.7. The summed E-state index contributed by atoms with van der Waals surface area (Å²) in [4.78, 5) is 21.8. The van der Waals surface area contributed by atoms with E-state index in [1.165, 1.54) is 30.4 Å². The van der Waals surface area contributed by atoms with Gasteiger partial charge in [0.2, 0.25) is 5.91 Å². The summed E-state index contributed by atoms with van der Waals surface area (Å²) in [5, 5.41) is 7.03. The zero-order chi connectivity index (χ0) is 22.2. The molecule has 2 saturated heterocycles. The maximum atomic E-state index is 12.9. The fourth-order valence-corrected chi connectivity index (χ4v) is 5.14. The second-order valence-electron chi connectivity index (χ2n) is 9.33. The first-order valence-corrected chi connectivity index (χ1v) is 12.4. The molecule has 2 heterocycles. The lowest BCUT2D eigenvalue weighted by Crippen LogP contribution is -2.45. The molecule has 0 bridgehead atoms. The monoisotopic (exact) mass is 441 g/mol. The first-order valence-electron chi connectivity index (χ1n) is 12.4. The lowest BCUT2D eigenvalue weighted by atomic mass is 9.88. The number of carbonyl (C=O) groups is 1. The number of guanidine groups is 1. The molecule has 176 valence electrons. The van der Waals surface area contributed by atoms with Gasteiger partial charge in [-0.15, -0.1) is 0 Å².